The molecule has 0 atom stereocenters. The first-order chi connectivity index (χ1) is 4.86. The second-order valence-corrected chi connectivity index (χ2v) is 2.55. The molecule has 0 radical (unpaired) electrons. The lowest BCUT2D eigenvalue weighted by Crippen LogP contribution is -1.94. The molecule has 0 saturated heterocycles. The number of halogens is 1. The average Bonchev–Trinajstić information content (AvgIpc) is 2.05. The molecule has 54 valence electrons. The highest BCUT2D eigenvalue weighted by Crippen LogP contribution is 2.18. The molecule has 0 aromatic heterocycles. The average molecular weight is 157 g/mol. The Hall–Kier alpha value is -0.540. The van der Waals surface area contributed by atoms with Crippen LogP contribution in [0.25, 0.3) is 0 Å². The Morgan fingerprint density at radius 3 is 2.30 bits per heavy atom. The number of hydrogen-bond acceptors (Lipinski definition) is 2. The molecule has 1 aromatic carbocycles. The molecule has 0 heterocycles. The van der Waals surface area contributed by atoms with E-state index in [1.807, 2.05) is 12.1 Å². The van der Waals surface area contributed by atoms with Gasteiger partial charge in [0.05, 0.1) is 12.1 Å². The molecule has 0 fully saturated rings. The molecule has 0 aliphatic heterocycles. The first kappa shape index (κ1) is 7.57. The van der Waals surface area contributed by atoms with Gasteiger partial charge in [-0.1, -0.05) is 12.1 Å². The predicted molar refractivity (Wildman–Crippen MR) is 41.3 cm³/mol. The molecule has 1 rings (SSSR count). The highest BCUT2D eigenvalue weighted by Gasteiger charge is 1.91. The zero-order chi connectivity index (χ0) is 7.40. The summed E-state index contributed by atoms with van der Waals surface area (Å²) in [4.78, 5) is 0.622. The Labute approximate surface area is 63.7 Å². The lowest BCUT2D eigenvalue weighted by molar-refractivity contribution is 0.933. The van der Waals surface area contributed by atoms with E-state index in [1.165, 1.54) is 0 Å². The molecule has 0 spiro atoms. The standard InChI is InChI=1S/C7H8FNS/c8-10-7-3-1-6(5-9)2-4-7/h1-4H,5,9H2. The summed E-state index contributed by atoms with van der Waals surface area (Å²) in [6.45, 7) is 0.511. The van der Waals surface area contributed by atoms with Gasteiger partial charge in [-0.15, -0.1) is 0 Å². The Bertz CT molecular complexity index is 174. The lowest BCUT2D eigenvalue weighted by Gasteiger charge is -1.95. The molecule has 0 amide bonds. The van der Waals surface area contributed by atoms with Crippen molar-refractivity contribution in [2.24, 2.45) is 5.73 Å². The Kier molecular flexibility index (Phi) is 2.71. The Morgan fingerprint density at radius 1 is 1.30 bits per heavy atom. The summed E-state index contributed by atoms with van der Waals surface area (Å²) in [6, 6.07) is 7.07. The summed E-state index contributed by atoms with van der Waals surface area (Å²) < 4.78 is 11.8. The van der Waals surface area contributed by atoms with E-state index in [0.717, 1.165) is 5.56 Å². The Morgan fingerprint density at radius 2 is 1.90 bits per heavy atom. The zero-order valence-electron chi connectivity index (χ0n) is 5.38. The van der Waals surface area contributed by atoms with Crippen molar-refractivity contribution in [1.29, 1.82) is 0 Å². The molecule has 0 bridgehead atoms. The van der Waals surface area contributed by atoms with Gasteiger partial charge in [0.1, 0.15) is 0 Å². The van der Waals surface area contributed by atoms with Crippen LogP contribution in [0.3, 0.4) is 0 Å². The Balaban J connectivity index is 2.80. The fraction of sp³-hybridized carbons (Fsp3) is 0.143. The van der Waals surface area contributed by atoms with Crippen LogP contribution in [0.5, 0.6) is 0 Å². The van der Waals surface area contributed by atoms with Gasteiger partial charge in [-0.25, -0.2) is 0 Å². The minimum atomic E-state index is 0.247. The van der Waals surface area contributed by atoms with E-state index in [9.17, 15) is 3.89 Å². The van der Waals surface area contributed by atoms with Gasteiger partial charge in [0.2, 0.25) is 0 Å². The van der Waals surface area contributed by atoms with Crippen LogP contribution < -0.4 is 5.73 Å². The van der Waals surface area contributed by atoms with E-state index in [0.29, 0.717) is 11.4 Å². The minimum Gasteiger partial charge on any atom is -0.326 e. The topological polar surface area (TPSA) is 26.0 Å². The number of hydrogen-bond donors (Lipinski definition) is 1. The fourth-order valence-corrected chi connectivity index (χ4v) is 0.916. The third kappa shape index (κ3) is 1.72. The smallest absolute Gasteiger partial charge is 0.0812 e. The summed E-state index contributed by atoms with van der Waals surface area (Å²) in [5.41, 5.74) is 6.37. The number of nitrogens with two attached hydrogens (primary N) is 1. The van der Waals surface area contributed by atoms with Gasteiger partial charge >= 0.3 is 0 Å². The summed E-state index contributed by atoms with van der Waals surface area (Å²) in [5, 5.41) is 0. The van der Waals surface area contributed by atoms with Gasteiger partial charge in [-0.2, -0.15) is 3.89 Å². The van der Waals surface area contributed by atoms with Crippen molar-refractivity contribution >= 4 is 12.1 Å². The SMILES string of the molecule is NCc1ccc(SF)cc1. The van der Waals surface area contributed by atoms with Gasteiger partial charge in [-0.3, -0.25) is 0 Å². The zero-order valence-corrected chi connectivity index (χ0v) is 6.20. The lowest BCUT2D eigenvalue weighted by atomic mass is 10.2. The second kappa shape index (κ2) is 3.58. The normalized spacial score (nSPS) is 9.80. The van der Waals surface area contributed by atoms with E-state index in [-0.39, 0.29) is 12.1 Å². The van der Waals surface area contributed by atoms with Crippen molar-refractivity contribution in [1.82, 2.24) is 0 Å². The van der Waals surface area contributed by atoms with Crippen molar-refractivity contribution in [3.8, 4) is 0 Å². The molecule has 0 unspecified atom stereocenters. The van der Waals surface area contributed by atoms with Crippen molar-refractivity contribution in [3.63, 3.8) is 0 Å². The third-order valence-electron chi connectivity index (χ3n) is 1.25. The van der Waals surface area contributed by atoms with Gasteiger partial charge in [0, 0.05) is 11.4 Å². The molecule has 0 saturated carbocycles. The van der Waals surface area contributed by atoms with Gasteiger partial charge in [-0.05, 0) is 17.7 Å². The van der Waals surface area contributed by atoms with Crippen molar-refractivity contribution in [2.45, 2.75) is 11.4 Å². The maximum atomic E-state index is 11.8. The number of benzene rings is 1. The van der Waals surface area contributed by atoms with Gasteiger partial charge in [0.25, 0.3) is 0 Å². The molecule has 0 aliphatic carbocycles. The first-order valence-corrected chi connectivity index (χ1v) is 3.66. The van der Waals surface area contributed by atoms with E-state index < -0.39 is 0 Å². The summed E-state index contributed by atoms with van der Waals surface area (Å²) in [5.74, 6) is 0. The molecular formula is C7H8FNS. The van der Waals surface area contributed by atoms with Gasteiger partial charge in [0.15, 0.2) is 0 Å². The van der Waals surface area contributed by atoms with Crippen LogP contribution in [0.2, 0.25) is 0 Å². The minimum absolute atomic E-state index is 0.247. The van der Waals surface area contributed by atoms with Crippen LogP contribution in [-0.2, 0) is 6.54 Å². The van der Waals surface area contributed by atoms with Crippen LogP contribution in [0.15, 0.2) is 29.2 Å². The van der Waals surface area contributed by atoms with Gasteiger partial charge < -0.3 is 5.73 Å². The first-order valence-electron chi connectivity index (χ1n) is 2.94. The van der Waals surface area contributed by atoms with Crippen molar-refractivity contribution in [2.75, 3.05) is 0 Å². The third-order valence-corrected chi connectivity index (χ3v) is 1.70. The molecule has 1 nitrogen and oxygen atoms in total. The molecule has 3 heteroatoms. The molecule has 1 aromatic rings. The number of rotatable bonds is 2. The highest BCUT2D eigenvalue weighted by molar-refractivity contribution is 7.94. The van der Waals surface area contributed by atoms with E-state index in [1.54, 1.807) is 12.1 Å². The molecular weight excluding hydrogens is 149 g/mol. The van der Waals surface area contributed by atoms with Crippen LogP contribution in [0, 0.1) is 0 Å². The molecule has 10 heavy (non-hydrogen) atoms. The van der Waals surface area contributed by atoms with Crippen LogP contribution in [0.4, 0.5) is 3.89 Å². The maximum Gasteiger partial charge on any atom is 0.0812 e. The van der Waals surface area contributed by atoms with Crippen molar-refractivity contribution in [3.05, 3.63) is 29.8 Å². The monoisotopic (exact) mass is 157 g/mol. The fourth-order valence-electron chi connectivity index (χ4n) is 0.677. The van der Waals surface area contributed by atoms with Crippen LogP contribution in [0.1, 0.15) is 5.56 Å². The largest absolute Gasteiger partial charge is 0.326 e. The quantitative estimate of drug-likeness (QED) is 0.711. The van der Waals surface area contributed by atoms with Crippen LogP contribution in [-0.4, -0.2) is 0 Å². The summed E-state index contributed by atoms with van der Waals surface area (Å²) in [6.07, 6.45) is 0. The maximum absolute atomic E-state index is 11.8. The summed E-state index contributed by atoms with van der Waals surface area (Å²) >= 11 is 0.247. The molecule has 2 N–H and O–H groups in total. The van der Waals surface area contributed by atoms with E-state index >= 15 is 0 Å². The van der Waals surface area contributed by atoms with E-state index in [2.05, 4.69) is 0 Å². The highest BCUT2D eigenvalue weighted by atomic mass is 32.2. The second-order valence-electron chi connectivity index (χ2n) is 1.93. The van der Waals surface area contributed by atoms with Crippen LogP contribution >= 0.6 is 12.1 Å². The summed E-state index contributed by atoms with van der Waals surface area (Å²) in [7, 11) is 0. The molecule has 0 aliphatic rings. The predicted octanol–water partition coefficient (Wildman–Crippen LogP) is 2.12. The van der Waals surface area contributed by atoms with E-state index in [4.69, 9.17) is 5.73 Å². The van der Waals surface area contributed by atoms with Crippen molar-refractivity contribution < 1.29 is 3.89 Å².